The lowest BCUT2D eigenvalue weighted by atomic mass is 10.2. The number of benzene rings is 2. The van der Waals surface area contributed by atoms with Crippen molar-refractivity contribution in [2.24, 2.45) is 10.2 Å². The smallest absolute Gasteiger partial charge is 0.240 e. The molecule has 1 aliphatic heterocycles. The lowest BCUT2D eigenvalue weighted by molar-refractivity contribution is -0.122. The number of amides is 2. The maximum atomic E-state index is 12.3. The van der Waals surface area contributed by atoms with Gasteiger partial charge in [0.05, 0.1) is 27.5 Å². The molecule has 10 heteroatoms. The number of ether oxygens (including phenoxy) is 3. The minimum absolute atomic E-state index is 0.0244. The van der Waals surface area contributed by atoms with Crippen LogP contribution in [-0.4, -0.2) is 49.8 Å². The van der Waals surface area contributed by atoms with Crippen LogP contribution in [0.15, 0.2) is 46.6 Å². The summed E-state index contributed by atoms with van der Waals surface area (Å²) in [5.74, 6) is 1.04. The maximum absolute atomic E-state index is 12.3. The molecule has 0 unspecified atom stereocenters. The molecule has 2 aromatic rings. The average Bonchev–Trinajstić information content (AvgIpc) is 3.13. The number of thioether (sulfide) groups is 1. The summed E-state index contributed by atoms with van der Waals surface area (Å²) in [6, 6.07) is 10.8. The van der Waals surface area contributed by atoms with Crippen LogP contribution in [0.25, 0.3) is 0 Å². The van der Waals surface area contributed by atoms with Gasteiger partial charge in [0.2, 0.25) is 11.8 Å². The predicted octanol–water partition coefficient (Wildman–Crippen LogP) is 2.97. The average molecular weight is 457 g/mol. The van der Waals surface area contributed by atoms with Gasteiger partial charge in [0.1, 0.15) is 11.0 Å². The van der Waals surface area contributed by atoms with Crippen molar-refractivity contribution in [1.82, 2.24) is 5.32 Å². The monoisotopic (exact) mass is 456 g/mol. The van der Waals surface area contributed by atoms with E-state index in [1.165, 1.54) is 27.5 Å². The zero-order valence-electron chi connectivity index (χ0n) is 18.2. The Morgan fingerprint density at radius 3 is 2.41 bits per heavy atom. The van der Waals surface area contributed by atoms with E-state index in [0.717, 1.165) is 17.3 Å². The van der Waals surface area contributed by atoms with Crippen molar-refractivity contribution < 1.29 is 23.8 Å². The molecule has 2 amide bonds. The summed E-state index contributed by atoms with van der Waals surface area (Å²) in [6.07, 6.45) is 1.51. The fourth-order valence-electron chi connectivity index (χ4n) is 2.90. The van der Waals surface area contributed by atoms with Gasteiger partial charge in [-0.2, -0.15) is 5.10 Å². The zero-order chi connectivity index (χ0) is 23.1. The Kier molecular flexibility index (Phi) is 7.72. The highest BCUT2D eigenvalue weighted by molar-refractivity contribution is 8.15. The summed E-state index contributed by atoms with van der Waals surface area (Å²) in [7, 11) is 4.60. The number of rotatable bonds is 8. The Bertz CT molecular complexity index is 1050. The third-order valence-corrected chi connectivity index (χ3v) is 5.64. The second kappa shape index (κ2) is 10.7. The first-order valence-electron chi connectivity index (χ1n) is 9.68. The lowest BCUT2D eigenvalue weighted by Gasteiger charge is -2.11. The third-order valence-electron chi connectivity index (χ3n) is 4.56. The maximum Gasteiger partial charge on any atom is 0.240 e. The first kappa shape index (κ1) is 23.1. The molecule has 1 saturated heterocycles. The molecule has 0 spiro atoms. The molecule has 1 aliphatic rings. The number of nitrogens with one attached hydrogen (secondary N) is 2. The molecule has 1 atom stereocenters. The molecule has 1 heterocycles. The quantitative estimate of drug-likeness (QED) is 0.467. The first-order chi connectivity index (χ1) is 15.4. The minimum atomic E-state index is -0.579. The van der Waals surface area contributed by atoms with Crippen LogP contribution in [-0.2, 0) is 9.59 Å². The van der Waals surface area contributed by atoms with Gasteiger partial charge in [0.15, 0.2) is 16.7 Å². The van der Waals surface area contributed by atoms with E-state index in [1.54, 1.807) is 12.1 Å². The molecule has 0 bridgehead atoms. The SMILES string of the molecule is COc1cc(OC)c(OC)cc1/C=N\N=C1\NC(=O)[C@H](CC(=O)Nc2ccc(C)cc2)S1. The fourth-order valence-corrected chi connectivity index (χ4v) is 3.83. The summed E-state index contributed by atoms with van der Waals surface area (Å²) in [6.45, 7) is 1.97. The van der Waals surface area contributed by atoms with E-state index in [9.17, 15) is 9.59 Å². The molecular weight excluding hydrogens is 432 g/mol. The van der Waals surface area contributed by atoms with Crippen LogP contribution in [0.5, 0.6) is 17.2 Å². The number of nitrogens with zero attached hydrogens (tertiary/aromatic N) is 2. The van der Waals surface area contributed by atoms with Crippen molar-refractivity contribution in [3.8, 4) is 17.2 Å². The molecule has 2 aromatic carbocycles. The van der Waals surface area contributed by atoms with E-state index < -0.39 is 5.25 Å². The minimum Gasteiger partial charge on any atom is -0.496 e. The molecule has 168 valence electrons. The van der Waals surface area contributed by atoms with E-state index in [0.29, 0.717) is 33.7 Å². The summed E-state index contributed by atoms with van der Waals surface area (Å²) in [4.78, 5) is 24.5. The molecule has 0 radical (unpaired) electrons. The number of carbonyl (C=O) groups excluding carboxylic acids is 2. The zero-order valence-corrected chi connectivity index (χ0v) is 19.0. The van der Waals surface area contributed by atoms with E-state index in [4.69, 9.17) is 14.2 Å². The molecule has 0 aromatic heterocycles. The summed E-state index contributed by atoms with van der Waals surface area (Å²) < 4.78 is 15.9. The summed E-state index contributed by atoms with van der Waals surface area (Å²) in [5.41, 5.74) is 2.41. The van der Waals surface area contributed by atoms with Gasteiger partial charge in [-0.25, -0.2) is 0 Å². The highest BCUT2D eigenvalue weighted by Gasteiger charge is 2.32. The predicted molar refractivity (Wildman–Crippen MR) is 125 cm³/mol. The largest absolute Gasteiger partial charge is 0.496 e. The van der Waals surface area contributed by atoms with Crippen LogP contribution in [0, 0.1) is 6.92 Å². The van der Waals surface area contributed by atoms with Crippen molar-refractivity contribution in [3.63, 3.8) is 0 Å². The van der Waals surface area contributed by atoms with Gasteiger partial charge in [-0.15, -0.1) is 5.10 Å². The summed E-state index contributed by atoms with van der Waals surface area (Å²) >= 11 is 1.16. The van der Waals surface area contributed by atoms with Crippen LogP contribution < -0.4 is 24.8 Å². The second-order valence-electron chi connectivity index (χ2n) is 6.81. The molecule has 9 nitrogen and oxygen atoms in total. The van der Waals surface area contributed by atoms with Crippen LogP contribution in [0.2, 0.25) is 0 Å². The first-order valence-corrected chi connectivity index (χ1v) is 10.6. The topological polar surface area (TPSA) is 111 Å². The Hall–Kier alpha value is -3.53. The van der Waals surface area contributed by atoms with E-state index in [2.05, 4.69) is 20.8 Å². The van der Waals surface area contributed by atoms with Crippen LogP contribution in [0.4, 0.5) is 5.69 Å². The van der Waals surface area contributed by atoms with Gasteiger partial charge < -0.3 is 24.8 Å². The Balaban J connectivity index is 1.63. The summed E-state index contributed by atoms with van der Waals surface area (Å²) in [5, 5.41) is 13.3. The number of aryl methyl sites for hydroxylation is 1. The Labute approximate surface area is 190 Å². The van der Waals surface area contributed by atoms with Gasteiger partial charge in [-0.05, 0) is 25.1 Å². The van der Waals surface area contributed by atoms with Crippen molar-refractivity contribution in [2.75, 3.05) is 26.6 Å². The van der Waals surface area contributed by atoms with Gasteiger partial charge in [0, 0.05) is 23.7 Å². The van der Waals surface area contributed by atoms with Crippen LogP contribution in [0.3, 0.4) is 0 Å². The number of hydrogen-bond donors (Lipinski definition) is 2. The normalized spacial score (nSPS) is 16.8. The van der Waals surface area contributed by atoms with Crippen LogP contribution in [0.1, 0.15) is 17.5 Å². The fraction of sp³-hybridized carbons (Fsp3) is 0.273. The number of carbonyl (C=O) groups is 2. The van der Waals surface area contributed by atoms with Gasteiger partial charge in [-0.3, -0.25) is 9.59 Å². The molecule has 32 heavy (non-hydrogen) atoms. The molecule has 2 N–H and O–H groups in total. The number of methoxy groups -OCH3 is 3. The van der Waals surface area contributed by atoms with Gasteiger partial charge >= 0.3 is 0 Å². The Morgan fingerprint density at radius 2 is 1.75 bits per heavy atom. The molecule has 3 rings (SSSR count). The highest BCUT2D eigenvalue weighted by atomic mass is 32.2. The number of anilines is 1. The third kappa shape index (κ3) is 5.79. The molecular formula is C22H24N4O5S. The van der Waals surface area contributed by atoms with E-state index >= 15 is 0 Å². The molecule has 0 aliphatic carbocycles. The highest BCUT2D eigenvalue weighted by Crippen LogP contribution is 2.33. The number of hydrogen-bond acceptors (Lipinski definition) is 8. The van der Waals surface area contributed by atoms with Crippen molar-refractivity contribution in [3.05, 3.63) is 47.5 Å². The Morgan fingerprint density at radius 1 is 1.09 bits per heavy atom. The van der Waals surface area contributed by atoms with Crippen molar-refractivity contribution >= 4 is 40.6 Å². The molecule has 1 fully saturated rings. The van der Waals surface area contributed by atoms with Crippen LogP contribution >= 0.6 is 11.8 Å². The van der Waals surface area contributed by atoms with Crippen molar-refractivity contribution in [1.29, 1.82) is 0 Å². The van der Waals surface area contributed by atoms with Gasteiger partial charge in [-0.1, -0.05) is 29.5 Å². The lowest BCUT2D eigenvalue weighted by Crippen LogP contribution is -2.28. The van der Waals surface area contributed by atoms with Crippen molar-refractivity contribution in [2.45, 2.75) is 18.6 Å². The second-order valence-corrected chi connectivity index (χ2v) is 8.00. The van der Waals surface area contributed by atoms with E-state index in [-0.39, 0.29) is 18.2 Å². The standard InChI is InChI=1S/C22H24N4O5S/c1-13-5-7-15(8-6-13)24-20(27)11-19-21(28)25-22(32-19)26-23-12-14-9-17(30-3)18(31-4)10-16(14)29-2/h5-10,12,19H,11H2,1-4H3,(H,24,27)(H,25,26,28)/b23-12-/t19-/m0/s1. The number of amidine groups is 1. The van der Waals surface area contributed by atoms with E-state index in [1.807, 2.05) is 31.2 Å². The van der Waals surface area contributed by atoms with Gasteiger partial charge in [0.25, 0.3) is 0 Å². The molecule has 0 saturated carbocycles.